The molecule has 0 bridgehead atoms. The van der Waals surface area contributed by atoms with Crippen LogP contribution in [0.5, 0.6) is 0 Å². The Morgan fingerprint density at radius 3 is 2.62 bits per heavy atom. The van der Waals surface area contributed by atoms with Crippen LogP contribution in [-0.2, 0) is 16.1 Å². The molecule has 21 heavy (non-hydrogen) atoms. The summed E-state index contributed by atoms with van der Waals surface area (Å²) >= 11 is 0. The number of nitrogens with zero attached hydrogens (tertiary/aromatic N) is 2. The Morgan fingerprint density at radius 2 is 1.95 bits per heavy atom. The van der Waals surface area contributed by atoms with Crippen molar-refractivity contribution < 1.29 is 9.59 Å². The lowest BCUT2D eigenvalue weighted by atomic mass is 10.00. The molecule has 0 spiro atoms. The lowest BCUT2D eigenvalue weighted by molar-refractivity contribution is -0.141. The van der Waals surface area contributed by atoms with Gasteiger partial charge in [-0.25, -0.2) is 4.98 Å². The van der Waals surface area contributed by atoms with Gasteiger partial charge in [0, 0.05) is 6.54 Å². The Kier molecular flexibility index (Phi) is 3.90. The molecular formula is C16H21N3O2. The van der Waals surface area contributed by atoms with Gasteiger partial charge in [-0.2, -0.15) is 0 Å². The average Bonchev–Trinajstić information content (AvgIpc) is 3.06. The van der Waals surface area contributed by atoms with Crippen LogP contribution >= 0.6 is 0 Å². The maximum absolute atomic E-state index is 12.3. The summed E-state index contributed by atoms with van der Waals surface area (Å²) in [7, 11) is 0. The normalized spacial score (nSPS) is 24.5. The van der Waals surface area contributed by atoms with Gasteiger partial charge in [-0.15, -0.1) is 0 Å². The van der Waals surface area contributed by atoms with Crippen LogP contribution in [0.3, 0.4) is 0 Å². The molecule has 5 heteroatoms. The summed E-state index contributed by atoms with van der Waals surface area (Å²) in [6.45, 7) is 3.26. The van der Waals surface area contributed by atoms with Crippen molar-refractivity contribution in [3.05, 3.63) is 23.9 Å². The molecule has 2 heterocycles. The van der Waals surface area contributed by atoms with Gasteiger partial charge in [-0.1, -0.05) is 19.4 Å². The Hall–Kier alpha value is -1.91. The second-order valence-corrected chi connectivity index (χ2v) is 5.85. The van der Waals surface area contributed by atoms with Crippen LogP contribution in [0.1, 0.15) is 38.3 Å². The molecule has 3 rings (SSSR count). The molecule has 2 amide bonds. The number of nitrogens with one attached hydrogen (secondary N) is 1. The van der Waals surface area contributed by atoms with Gasteiger partial charge in [0.05, 0.1) is 24.1 Å². The summed E-state index contributed by atoms with van der Waals surface area (Å²) in [5, 5.41) is 3.22. The summed E-state index contributed by atoms with van der Waals surface area (Å²) in [6, 6.07) is 5.68. The number of fused-ring (bicyclic) bond motifs is 1. The van der Waals surface area contributed by atoms with Crippen LogP contribution < -0.4 is 5.32 Å². The maximum Gasteiger partial charge on any atom is 0.233 e. The third-order valence-electron chi connectivity index (χ3n) is 4.37. The Balaban J connectivity index is 1.72. The van der Waals surface area contributed by atoms with Crippen LogP contribution in [-0.4, -0.2) is 28.2 Å². The van der Waals surface area contributed by atoms with Crippen molar-refractivity contribution in [3.8, 4) is 0 Å². The number of amides is 2. The first-order chi connectivity index (χ1) is 10.2. The van der Waals surface area contributed by atoms with Gasteiger partial charge in [0.2, 0.25) is 11.8 Å². The fraction of sp³-hybridized carbons (Fsp3) is 0.562. The zero-order valence-corrected chi connectivity index (χ0v) is 12.3. The Bertz CT molecular complexity index is 536. The first-order valence-corrected chi connectivity index (χ1v) is 7.75. The van der Waals surface area contributed by atoms with E-state index in [1.807, 2.05) is 18.2 Å². The number of pyridine rings is 1. The predicted octanol–water partition coefficient (Wildman–Crippen LogP) is 2.19. The second-order valence-electron chi connectivity index (χ2n) is 5.85. The summed E-state index contributed by atoms with van der Waals surface area (Å²) in [5.41, 5.74) is 0.762. The molecule has 112 valence electrons. The highest BCUT2D eigenvalue weighted by molar-refractivity contribution is 6.05. The summed E-state index contributed by atoms with van der Waals surface area (Å²) < 4.78 is 0. The number of anilines is 1. The minimum atomic E-state index is -0.0705. The standard InChI is InChI=1S/C16H21N3O2/c1-2-9-17-14-8-3-5-11(18-14)10-19-15(20)12-6-4-7-13(12)16(19)21/h3,5,8,12-13H,2,4,6-7,9-10H2,1H3,(H,17,18). The van der Waals surface area contributed by atoms with Crippen LogP contribution in [0, 0.1) is 11.8 Å². The molecular weight excluding hydrogens is 266 g/mol. The fourth-order valence-corrected chi connectivity index (χ4v) is 3.30. The number of rotatable bonds is 5. The molecule has 1 aromatic rings. The van der Waals surface area contributed by atoms with Gasteiger partial charge in [0.25, 0.3) is 0 Å². The third-order valence-corrected chi connectivity index (χ3v) is 4.37. The van der Waals surface area contributed by atoms with Crippen molar-refractivity contribution in [1.82, 2.24) is 9.88 Å². The van der Waals surface area contributed by atoms with Crippen LogP contribution in [0.4, 0.5) is 5.82 Å². The van der Waals surface area contributed by atoms with E-state index in [4.69, 9.17) is 0 Å². The Morgan fingerprint density at radius 1 is 1.24 bits per heavy atom. The topological polar surface area (TPSA) is 62.3 Å². The van der Waals surface area contributed by atoms with Gasteiger partial charge in [-0.05, 0) is 31.4 Å². The van der Waals surface area contributed by atoms with Gasteiger partial charge in [-0.3, -0.25) is 14.5 Å². The first kappa shape index (κ1) is 14.0. The van der Waals surface area contributed by atoms with E-state index in [1.54, 1.807) is 0 Å². The van der Waals surface area contributed by atoms with Crippen molar-refractivity contribution in [2.24, 2.45) is 11.8 Å². The number of carbonyl (C=O) groups excluding carboxylic acids is 2. The smallest absolute Gasteiger partial charge is 0.233 e. The first-order valence-electron chi connectivity index (χ1n) is 7.75. The van der Waals surface area contributed by atoms with E-state index in [9.17, 15) is 9.59 Å². The average molecular weight is 287 g/mol. The van der Waals surface area contributed by atoms with E-state index < -0.39 is 0 Å². The van der Waals surface area contributed by atoms with Crippen molar-refractivity contribution >= 4 is 17.6 Å². The molecule has 0 radical (unpaired) electrons. The fourth-order valence-electron chi connectivity index (χ4n) is 3.30. The molecule has 2 fully saturated rings. The largest absolute Gasteiger partial charge is 0.370 e. The summed E-state index contributed by atoms with van der Waals surface area (Å²) in [6.07, 6.45) is 3.74. The monoisotopic (exact) mass is 287 g/mol. The van der Waals surface area contributed by atoms with Gasteiger partial charge in [0.1, 0.15) is 5.82 Å². The molecule has 1 N–H and O–H groups in total. The van der Waals surface area contributed by atoms with Crippen LogP contribution in [0.15, 0.2) is 18.2 Å². The molecule has 1 saturated heterocycles. The molecule has 0 aromatic carbocycles. The minimum absolute atomic E-state index is 0.00350. The molecule has 1 saturated carbocycles. The number of likely N-dealkylation sites (tertiary alicyclic amines) is 1. The van der Waals surface area contributed by atoms with Gasteiger partial charge >= 0.3 is 0 Å². The summed E-state index contributed by atoms with van der Waals surface area (Å²) in [5.74, 6) is 0.652. The molecule has 5 nitrogen and oxygen atoms in total. The zero-order valence-electron chi connectivity index (χ0n) is 12.3. The highest BCUT2D eigenvalue weighted by Gasteiger charge is 2.49. The molecule has 1 aromatic heterocycles. The van der Waals surface area contributed by atoms with Gasteiger partial charge < -0.3 is 5.32 Å². The van der Waals surface area contributed by atoms with Crippen molar-refractivity contribution in [3.63, 3.8) is 0 Å². The maximum atomic E-state index is 12.3. The highest BCUT2D eigenvalue weighted by atomic mass is 16.2. The second kappa shape index (κ2) is 5.84. The van der Waals surface area contributed by atoms with E-state index in [2.05, 4.69) is 17.2 Å². The molecule has 2 unspecified atom stereocenters. The lowest BCUT2D eigenvalue weighted by Crippen LogP contribution is -2.31. The van der Waals surface area contributed by atoms with Crippen molar-refractivity contribution in [1.29, 1.82) is 0 Å². The molecule has 1 aliphatic carbocycles. The summed E-state index contributed by atoms with van der Waals surface area (Å²) in [4.78, 5) is 30.5. The van der Waals surface area contributed by atoms with Crippen molar-refractivity contribution in [2.45, 2.75) is 39.2 Å². The third kappa shape index (κ3) is 2.64. The number of carbonyl (C=O) groups is 2. The Labute approximate surface area is 124 Å². The minimum Gasteiger partial charge on any atom is -0.370 e. The van der Waals surface area contributed by atoms with E-state index >= 15 is 0 Å². The van der Waals surface area contributed by atoms with E-state index in [0.717, 1.165) is 43.7 Å². The number of hydrogen-bond acceptors (Lipinski definition) is 4. The number of hydrogen-bond donors (Lipinski definition) is 1. The number of aromatic nitrogens is 1. The molecule has 2 atom stereocenters. The quantitative estimate of drug-likeness (QED) is 0.843. The molecule has 1 aliphatic heterocycles. The van der Waals surface area contributed by atoms with E-state index in [0.29, 0.717) is 6.54 Å². The van der Waals surface area contributed by atoms with Crippen LogP contribution in [0.2, 0.25) is 0 Å². The van der Waals surface area contributed by atoms with Gasteiger partial charge in [0.15, 0.2) is 0 Å². The number of imide groups is 1. The highest BCUT2D eigenvalue weighted by Crippen LogP contribution is 2.40. The van der Waals surface area contributed by atoms with E-state index in [1.165, 1.54) is 4.90 Å². The molecule has 2 aliphatic rings. The lowest BCUT2D eigenvalue weighted by Gasteiger charge is -2.16. The van der Waals surface area contributed by atoms with E-state index in [-0.39, 0.29) is 23.7 Å². The SMILES string of the molecule is CCCNc1cccc(CN2C(=O)C3CCCC3C2=O)n1. The van der Waals surface area contributed by atoms with Crippen molar-refractivity contribution in [2.75, 3.05) is 11.9 Å². The predicted molar refractivity (Wildman–Crippen MR) is 79.4 cm³/mol. The van der Waals surface area contributed by atoms with Crippen LogP contribution in [0.25, 0.3) is 0 Å². The zero-order chi connectivity index (χ0) is 14.8.